The fourth-order valence-corrected chi connectivity index (χ4v) is 3.59. The lowest BCUT2D eigenvalue weighted by atomic mass is 10.1. The van der Waals surface area contributed by atoms with Gasteiger partial charge in [-0.15, -0.1) is 11.8 Å². The lowest BCUT2D eigenvalue weighted by Gasteiger charge is -2.04. The van der Waals surface area contributed by atoms with Crippen LogP contribution in [0, 0.1) is 10.1 Å². The number of hydrazone groups is 1. The molecule has 0 bridgehead atoms. The highest BCUT2D eigenvalue weighted by molar-refractivity contribution is 7.98. The maximum absolute atomic E-state index is 12.3. The molecule has 3 rings (SSSR count). The minimum atomic E-state index is -0.540. The van der Waals surface area contributed by atoms with E-state index in [1.807, 2.05) is 36.4 Å². The normalized spacial score (nSPS) is 10.8. The number of benzene rings is 3. The van der Waals surface area contributed by atoms with Gasteiger partial charge in [0.05, 0.1) is 18.2 Å². The quantitative estimate of drug-likeness (QED) is 0.215. The molecule has 0 unspecified atom stereocenters. The zero-order valence-corrected chi connectivity index (χ0v) is 18.0. The van der Waals surface area contributed by atoms with Crippen molar-refractivity contribution in [1.29, 1.82) is 0 Å². The summed E-state index contributed by atoms with van der Waals surface area (Å²) in [5.41, 5.74) is 4.23. The summed E-state index contributed by atoms with van der Waals surface area (Å²) in [4.78, 5) is 23.9. The van der Waals surface area contributed by atoms with Crippen LogP contribution in [0.2, 0.25) is 5.02 Å². The Morgan fingerprint density at radius 3 is 2.52 bits per heavy atom. The molecule has 0 spiro atoms. The van der Waals surface area contributed by atoms with Gasteiger partial charge in [0.2, 0.25) is 0 Å². The molecule has 31 heavy (non-hydrogen) atoms. The molecule has 0 saturated carbocycles. The first-order valence-electron chi connectivity index (χ1n) is 9.09. The highest BCUT2D eigenvalue weighted by Crippen LogP contribution is 2.27. The lowest BCUT2D eigenvalue weighted by molar-refractivity contribution is -0.385. The van der Waals surface area contributed by atoms with E-state index >= 15 is 0 Å². The Hall–Kier alpha value is -3.36. The van der Waals surface area contributed by atoms with Gasteiger partial charge in [0, 0.05) is 32.9 Å². The fraction of sp³-hybridized carbons (Fsp3) is 0.0909. The SMILES string of the molecule is COc1ccc(/C=N\NC(=O)c2ccc(CSc3ccc(Cl)cc3)cc2)cc1[N+](=O)[O-]. The smallest absolute Gasteiger partial charge is 0.311 e. The van der Waals surface area contributed by atoms with Crippen LogP contribution in [0.1, 0.15) is 21.5 Å². The predicted octanol–water partition coefficient (Wildman–Crippen LogP) is 5.31. The van der Waals surface area contributed by atoms with E-state index in [-0.39, 0.29) is 17.3 Å². The van der Waals surface area contributed by atoms with E-state index in [1.165, 1.54) is 25.5 Å². The van der Waals surface area contributed by atoms with Crippen LogP contribution >= 0.6 is 23.4 Å². The van der Waals surface area contributed by atoms with Crippen molar-refractivity contribution in [1.82, 2.24) is 5.43 Å². The highest BCUT2D eigenvalue weighted by Gasteiger charge is 2.14. The van der Waals surface area contributed by atoms with Crippen LogP contribution in [-0.2, 0) is 5.75 Å². The zero-order valence-electron chi connectivity index (χ0n) is 16.4. The molecule has 1 amide bonds. The Kier molecular flexibility index (Phi) is 7.64. The van der Waals surface area contributed by atoms with Crippen molar-refractivity contribution in [3.8, 4) is 5.75 Å². The van der Waals surface area contributed by atoms with Gasteiger partial charge < -0.3 is 4.74 Å². The fourth-order valence-electron chi connectivity index (χ4n) is 2.61. The van der Waals surface area contributed by atoms with Crippen LogP contribution < -0.4 is 10.2 Å². The second-order valence-corrected chi connectivity index (χ2v) is 7.81. The predicted molar refractivity (Wildman–Crippen MR) is 122 cm³/mol. The summed E-state index contributed by atoms with van der Waals surface area (Å²) < 4.78 is 4.96. The number of hydrogen-bond acceptors (Lipinski definition) is 6. The second-order valence-electron chi connectivity index (χ2n) is 6.33. The summed E-state index contributed by atoms with van der Waals surface area (Å²) in [6.45, 7) is 0. The molecule has 3 aromatic rings. The Bertz CT molecular complexity index is 1100. The number of carbonyl (C=O) groups excluding carboxylic acids is 1. The number of ether oxygens (including phenoxy) is 1. The number of halogens is 1. The van der Waals surface area contributed by atoms with Gasteiger partial charge in [-0.25, -0.2) is 5.43 Å². The maximum atomic E-state index is 12.3. The third-order valence-electron chi connectivity index (χ3n) is 4.21. The van der Waals surface area contributed by atoms with Gasteiger partial charge >= 0.3 is 5.69 Å². The summed E-state index contributed by atoms with van der Waals surface area (Å²) in [6.07, 6.45) is 1.33. The molecule has 9 heteroatoms. The molecule has 158 valence electrons. The summed E-state index contributed by atoms with van der Waals surface area (Å²) in [6, 6.07) is 19.2. The molecule has 0 aliphatic heterocycles. The summed E-state index contributed by atoms with van der Waals surface area (Å²) in [7, 11) is 1.36. The monoisotopic (exact) mass is 455 g/mol. The molecule has 3 aromatic carbocycles. The Balaban J connectivity index is 1.56. The number of amides is 1. The summed E-state index contributed by atoms with van der Waals surface area (Å²) in [5, 5.41) is 15.7. The third-order valence-corrected chi connectivity index (χ3v) is 5.55. The molecule has 1 N–H and O–H groups in total. The van der Waals surface area contributed by atoms with Crippen LogP contribution in [0.4, 0.5) is 5.69 Å². The molecular weight excluding hydrogens is 438 g/mol. The standard InChI is InChI=1S/C22H18ClN3O4S/c1-30-21-11-4-16(12-20(21)26(28)29)13-24-25-22(27)17-5-2-15(3-6-17)14-31-19-9-7-18(23)8-10-19/h2-13H,14H2,1H3,(H,25,27)/b24-13-. The first-order valence-corrected chi connectivity index (χ1v) is 10.5. The van der Waals surface area contributed by atoms with Gasteiger partial charge in [-0.3, -0.25) is 14.9 Å². The molecule has 0 saturated heterocycles. The van der Waals surface area contributed by atoms with Crippen molar-refractivity contribution in [2.45, 2.75) is 10.6 Å². The van der Waals surface area contributed by atoms with Gasteiger partial charge in [0.15, 0.2) is 5.75 Å². The number of nitrogens with one attached hydrogen (secondary N) is 1. The minimum absolute atomic E-state index is 0.153. The zero-order chi connectivity index (χ0) is 22.2. The molecule has 0 aliphatic carbocycles. The van der Waals surface area contributed by atoms with E-state index in [0.29, 0.717) is 16.1 Å². The largest absolute Gasteiger partial charge is 0.490 e. The second kappa shape index (κ2) is 10.6. The van der Waals surface area contributed by atoms with E-state index in [1.54, 1.807) is 30.0 Å². The first-order chi connectivity index (χ1) is 15.0. The van der Waals surface area contributed by atoms with Crippen molar-refractivity contribution < 1.29 is 14.5 Å². The van der Waals surface area contributed by atoms with E-state index in [4.69, 9.17) is 16.3 Å². The average molecular weight is 456 g/mol. The molecule has 0 aliphatic rings. The molecule has 7 nitrogen and oxygen atoms in total. The van der Waals surface area contributed by atoms with Gasteiger partial charge in [0.25, 0.3) is 5.91 Å². The number of carbonyl (C=O) groups is 1. The number of methoxy groups -OCH3 is 1. The maximum Gasteiger partial charge on any atom is 0.311 e. The Morgan fingerprint density at radius 2 is 1.87 bits per heavy atom. The molecular formula is C22H18ClN3O4S. The first kappa shape index (κ1) is 22.3. The Labute approximate surface area is 188 Å². The van der Waals surface area contributed by atoms with Gasteiger partial charge in [-0.05, 0) is 54.1 Å². The Morgan fingerprint density at radius 1 is 1.16 bits per heavy atom. The number of rotatable bonds is 8. The molecule has 0 aromatic heterocycles. The number of hydrogen-bond donors (Lipinski definition) is 1. The van der Waals surface area contributed by atoms with E-state index < -0.39 is 4.92 Å². The highest BCUT2D eigenvalue weighted by atomic mass is 35.5. The molecule has 0 fully saturated rings. The number of nitro groups is 1. The van der Waals surface area contributed by atoms with E-state index in [0.717, 1.165) is 16.2 Å². The summed E-state index contributed by atoms with van der Waals surface area (Å²) >= 11 is 7.56. The van der Waals surface area contributed by atoms with Crippen LogP contribution in [0.25, 0.3) is 0 Å². The third kappa shape index (κ3) is 6.31. The number of thioether (sulfide) groups is 1. The van der Waals surface area contributed by atoms with E-state index in [2.05, 4.69) is 10.5 Å². The van der Waals surface area contributed by atoms with Crippen LogP contribution in [-0.4, -0.2) is 24.2 Å². The van der Waals surface area contributed by atoms with Crippen molar-refractivity contribution in [2.75, 3.05) is 7.11 Å². The molecule has 0 heterocycles. The topological polar surface area (TPSA) is 93.8 Å². The van der Waals surface area contributed by atoms with Crippen molar-refractivity contribution in [3.63, 3.8) is 0 Å². The van der Waals surface area contributed by atoms with Gasteiger partial charge in [-0.1, -0.05) is 23.7 Å². The molecule has 0 radical (unpaired) electrons. The van der Waals surface area contributed by atoms with Crippen molar-refractivity contribution in [2.24, 2.45) is 5.10 Å². The lowest BCUT2D eigenvalue weighted by Crippen LogP contribution is -2.17. The summed E-state index contributed by atoms with van der Waals surface area (Å²) in [5.74, 6) is 0.537. The van der Waals surface area contributed by atoms with Crippen molar-refractivity contribution in [3.05, 3.63) is 98.6 Å². The molecule has 0 atom stereocenters. The van der Waals surface area contributed by atoms with Gasteiger partial charge in [0.1, 0.15) is 0 Å². The number of nitro benzene ring substituents is 1. The van der Waals surface area contributed by atoms with Crippen molar-refractivity contribution >= 4 is 41.2 Å². The van der Waals surface area contributed by atoms with Gasteiger partial charge in [-0.2, -0.15) is 5.10 Å². The number of nitrogens with zero attached hydrogens (tertiary/aromatic N) is 2. The minimum Gasteiger partial charge on any atom is -0.490 e. The van der Waals surface area contributed by atoms with Crippen LogP contribution in [0.3, 0.4) is 0 Å². The van der Waals surface area contributed by atoms with Crippen LogP contribution in [0.5, 0.6) is 5.75 Å². The van der Waals surface area contributed by atoms with Crippen LogP contribution in [0.15, 0.2) is 76.7 Å². The average Bonchev–Trinajstić information content (AvgIpc) is 2.79. The van der Waals surface area contributed by atoms with E-state index in [9.17, 15) is 14.9 Å².